The second-order valence-electron chi connectivity index (χ2n) is 3.34. The van der Waals surface area contributed by atoms with Crippen molar-refractivity contribution in [2.24, 2.45) is 5.92 Å². The molecule has 1 atom stereocenters. The summed E-state index contributed by atoms with van der Waals surface area (Å²) >= 11 is 0. The molecule has 0 aliphatic heterocycles. The van der Waals surface area contributed by atoms with Gasteiger partial charge in [-0.3, -0.25) is 0 Å². The van der Waals surface area contributed by atoms with Gasteiger partial charge in [0.15, 0.2) is 0 Å². The van der Waals surface area contributed by atoms with Gasteiger partial charge < -0.3 is 15.2 Å². The van der Waals surface area contributed by atoms with Crippen LogP contribution in [0, 0.1) is 5.92 Å². The predicted molar refractivity (Wildman–Crippen MR) is 45.1 cm³/mol. The van der Waals surface area contributed by atoms with E-state index in [0.717, 1.165) is 6.42 Å². The lowest BCUT2D eigenvalue weighted by atomic mass is 9.82. The van der Waals surface area contributed by atoms with E-state index < -0.39 is 13.2 Å². The third-order valence-electron chi connectivity index (χ3n) is 1.50. The van der Waals surface area contributed by atoms with Crippen LogP contribution in [-0.4, -0.2) is 28.4 Å². The summed E-state index contributed by atoms with van der Waals surface area (Å²) in [5.41, 5.74) is 0. The highest BCUT2D eigenvalue weighted by Gasteiger charge is 2.12. The van der Waals surface area contributed by atoms with Crippen LogP contribution in [-0.2, 0) is 0 Å². The zero-order chi connectivity index (χ0) is 8.85. The van der Waals surface area contributed by atoms with Gasteiger partial charge in [0, 0.05) is 0 Å². The van der Waals surface area contributed by atoms with Crippen LogP contribution in [0.2, 0.25) is 6.32 Å². The zero-order valence-corrected chi connectivity index (χ0v) is 7.20. The van der Waals surface area contributed by atoms with Crippen molar-refractivity contribution >= 4 is 7.12 Å². The van der Waals surface area contributed by atoms with Crippen LogP contribution in [0.1, 0.15) is 26.7 Å². The number of rotatable bonds is 5. The van der Waals surface area contributed by atoms with Gasteiger partial charge in [-0.15, -0.1) is 0 Å². The molecule has 0 aliphatic carbocycles. The van der Waals surface area contributed by atoms with Gasteiger partial charge >= 0.3 is 7.12 Å². The number of hydrogen-bond donors (Lipinski definition) is 3. The van der Waals surface area contributed by atoms with Crippen LogP contribution in [0.4, 0.5) is 0 Å². The molecule has 0 saturated heterocycles. The Hall–Kier alpha value is -0.0551. The summed E-state index contributed by atoms with van der Waals surface area (Å²) in [4.78, 5) is 0. The Labute approximate surface area is 68.2 Å². The van der Waals surface area contributed by atoms with Crippen molar-refractivity contribution in [3.05, 3.63) is 0 Å². The zero-order valence-electron chi connectivity index (χ0n) is 7.20. The lowest BCUT2D eigenvalue weighted by molar-refractivity contribution is 0.142. The van der Waals surface area contributed by atoms with E-state index in [1.165, 1.54) is 0 Å². The molecule has 0 saturated carbocycles. The first-order valence-corrected chi connectivity index (χ1v) is 4.06. The standard InChI is InChI=1S/C7H17BO3/c1-6(2)5-7(9)3-4-8(10)11/h6-7,9-11H,3-5H2,1-2H3. The Morgan fingerprint density at radius 1 is 1.27 bits per heavy atom. The van der Waals surface area contributed by atoms with Gasteiger partial charge in [0.25, 0.3) is 0 Å². The van der Waals surface area contributed by atoms with Crippen LogP contribution in [0.15, 0.2) is 0 Å². The predicted octanol–water partition coefficient (Wildman–Crippen LogP) is 0.256. The monoisotopic (exact) mass is 160 g/mol. The van der Waals surface area contributed by atoms with Crippen LogP contribution >= 0.6 is 0 Å². The lowest BCUT2D eigenvalue weighted by Gasteiger charge is -2.11. The first-order chi connectivity index (χ1) is 5.02. The molecule has 0 heterocycles. The van der Waals surface area contributed by atoms with Crippen molar-refractivity contribution in [3.63, 3.8) is 0 Å². The Morgan fingerprint density at radius 2 is 1.82 bits per heavy atom. The summed E-state index contributed by atoms with van der Waals surface area (Å²) < 4.78 is 0. The maximum absolute atomic E-state index is 9.25. The average Bonchev–Trinajstić information content (AvgIpc) is 1.82. The fourth-order valence-electron chi connectivity index (χ4n) is 1.00. The van der Waals surface area contributed by atoms with E-state index >= 15 is 0 Å². The Morgan fingerprint density at radius 3 is 2.18 bits per heavy atom. The molecule has 0 fully saturated rings. The van der Waals surface area contributed by atoms with Crippen molar-refractivity contribution in [2.75, 3.05) is 0 Å². The van der Waals surface area contributed by atoms with E-state index in [-0.39, 0.29) is 6.32 Å². The van der Waals surface area contributed by atoms with E-state index in [4.69, 9.17) is 10.0 Å². The first kappa shape index (κ1) is 10.9. The molecule has 11 heavy (non-hydrogen) atoms. The Kier molecular flexibility index (Phi) is 5.55. The van der Waals surface area contributed by atoms with Crippen LogP contribution in [0.25, 0.3) is 0 Å². The molecule has 0 bridgehead atoms. The lowest BCUT2D eigenvalue weighted by Crippen LogP contribution is -2.16. The molecule has 0 aromatic rings. The van der Waals surface area contributed by atoms with Gasteiger partial charge in [-0.25, -0.2) is 0 Å². The fraction of sp³-hybridized carbons (Fsp3) is 1.00. The molecule has 0 aromatic carbocycles. The van der Waals surface area contributed by atoms with Crippen molar-refractivity contribution in [1.82, 2.24) is 0 Å². The molecule has 4 heteroatoms. The molecule has 66 valence electrons. The minimum absolute atomic E-state index is 0.258. The van der Waals surface area contributed by atoms with E-state index in [0.29, 0.717) is 12.3 Å². The third kappa shape index (κ3) is 7.85. The summed E-state index contributed by atoms with van der Waals surface area (Å²) in [6.07, 6.45) is 1.06. The van der Waals surface area contributed by atoms with Gasteiger partial charge in [-0.2, -0.15) is 0 Å². The fourth-order valence-corrected chi connectivity index (χ4v) is 1.00. The molecule has 0 rings (SSSR count). The van der Waals surface area contributed by atoms with Crippen molar-refractivity contribution in [3.8, 4) is 0 Å². The normalized spacial score (nSPS) is 13.6. The van der Waals surface area contributed by atoms with Gasteiger partial charge in [0.1, 0.15) is 0 Å². The molecular weight excluding hydrogens is 143 g/mol. The second-order valence-corrected chi connectivity index (χ2v) is 3.34. The third-order valence-corrected chi connectivity index (χ3v) is 1.50. The summed E-state index contributed by atoms with van der Waals surface area (Å²) in [6, 6.07) is 0. The van der Waals surface area contributed by atoms with Crippen LogP contribution in [0.5, 0.6) is 0 Å². The largest absolute Gasteiger partial charge is 0.451 e. The van der Waals surface area contributed by atoms with Crippen molar-refractivity contribution in [1.29, 1.82) is 0 Å². The van der Waals surface area contributed by atoms with E-state index in [1.807, 2.05) is 13.8 Å². The number of hydrogen-bond acceptors (Lipinski definition) is 3. The molecule has 0 radical (unpaired) electrons. The first-order valence-electron chi connectivity index (χ1n) is 4.06. The van der Waals surface area contributed by atoms with Gasteiger partial charge in [0.05, 0.1) is 6.10 Å². The van der Waals surface area contributed by atoms with E-state index in [1.54, 1.807) is 0 Å². The number of aliphatic hydroxyl groups excluding tert-OH is 1. The van der Waals surface area contributed by atoms with Gasteiger partial charge in [-0.05, 0) is 25.1 Å². The highest BCUT2D eigenvalue weighted by Crippen LogP contribution is 2.09. The quantitative estimate of drug-likeness (QED) is 0.505. The minimum atomic E-state index is -1.28. The second kappa shape index (κ2) is 5.58. The highest BCUT2D eigenvalue weighted by atomic mass is 16.4. The molecule has 0 amide bonds. The average molecular weight is 160 g/mol. The van der Waals surface area contributed by atoms with Crippen molar-refractivity contribution < 1.29 is 15.2 Å². The van der Waals surface area contributed by atoms with Gasteiger partial charge in [-0.1, -0.05) is 13.8 Å². The molecule has 0 spiro atoms. The van der Waals surface area contributed by atoms with Crippen LogP contribution < -0.4 is 0 Å². The summed E-state index contributed by atoms with van der Waals surface area (Å²) in [5.74, 6) is 0.459. The minimum Gasteiger partial charge on any atom is -0.427 e. The molecule has 0 aromatic heterocycles. The summed E-state index contributed by atoms with van der Waals surface area (Å²) in [5, 5.41) is 26.2. The number of aliphatic hydroxyl groups is 1. The molecule has 1 unspecified atom stereocenters. The van der Waals surface area contributed by atoms with Gasteiger partial charge in [0.2, 0.25) is 0 Å². The topological polar surface area (TPSA) is 60.7 Å². The molecule has 3 nitrogen and oxygen atoms in total. The summed E-state index contributed by atoms with van der Waals surface area (Å²) in [7, 11) is -1.28. The summed E-state index contributed by atoms with van der Waals surface area (Å²) in [6.45, 7) is 4.05. The maximum Gasteiger partial charge on any atom is 0.451 e. The maximum atomic E-state index is 9.25. The Bertz CT molecular complexity index is 95.7. The SMILES string of the molecule is CC(C)CC(O)CCB(O)O. The highest BCUT2D eigenvalue weighted by molar-refractivity contribution is 6.40. The van der Waals surface area contributed by atoms with E-state index in [2.05, 4.69) is 0 Å². The molecule has 3 N–H and O–H groups in total. The Balaban J connectivity index is 3.29. The van der Waals surface area contributed by atoms with Crippen molar-refractivity contribution in [2.45, 2.75) is 39.1 Å². The van der Waals surface area contributed by atoms with Crippen LogP contribution in [0.3, 0.4) is 0 Å². The smallest absolute Gasteiger partial charge is 0.427 e. The molecular formula is C7H17BO3. The van der Waals surface area contributed by atoms with E-state index in [9.17, 15) is 5.11 Å². The molecule has 0 aliphatic rings.